The number of rotatable bonds is 14. The Labute approximate surface area is 328 Å². The first-order valence-electron chi connectivity index (χ1n) is 19.1. The molecule has 17 heteroatoms. The van der Waals surface area contributed by atoms with Crippen LogP contribution in [0.2, 0.25) is 0 Å². The molecule has 0 aromatic heterocycles. The maximum absolute atomic E-state index is 12.2. The molecule has 0 saturated carbocycles. The molecule has 4 aliphatic rings. The van der Waals surface area contributed by atoms with Gasteiger partial charge in [0.25, 0.3) is 11.1 Å². The predicted octanol–water partition coefficient (Wildman–Crippen LogP) is 3.71. The van der Waals surface area contributed by atoms with Crippen LogP contribution in [-0.4, -0.2) is 70.1 Å². The summed E-state index contributed by atoms with van der Waals surface area (Å²) in [4.78, 5) is 91.1. The number of carboxylic acid groups (broad SMARTS) is 1. The van der Waals surface area contributed by atoms with E-state index in [1.807, 2.05) is 61.1 Å². The molecular weight excluding hydrogens is 733 g/mol. The summed E-state index contributed by atoms with van der Waals surface area (Å²) >= 11 is 0. The van der Waals surface area contributed by atoms with Gasteiger partial charge in [-0.25, -0.2) is 19.6 Å². The lowest BCUT2D eigenvalue weighted by molar-refractivity contribution is -0.137. The van der Waals surface area contributed by atoms with Crippen LogP contribution in [0.3, 0.4) is 0 Å². The Balaban J connectivity index is 0.000000242. The van der Waals surface area contributed by atoms with Crippen LogP contribution in [0.15, 0.2) is 43.4 Å². The third-order valence-electron chi connectivity index (χ3n) is 9.79. The zero-order chi connectivity index (χ0) is 41.8. The molecule has 0 fully saturated rings. The maximum atomic E-state index is 12.2. The molecule has 304 valence electrons. The number of carboxylic acids is 1. The number of aromatic nitrogens is 8. The van der Waals surface area contributed by atoms with Gasteiger partial charge in [-0.3, -0.25) is 29.1 Å². The largest absolute Gasteiger partial charge is 0.481 e. The molecule has 57 heavy (non-hydrogen) atoms. The van der Waals surface area contributed by atoms with Gasteiger partial charge in [-0.15, -0.1) is 0 Å². The summed E-state index contributed by atoms with van der Waals surface area (Å²) in [6.45, 7) is 9.19. The highest BCUT2D eigenvalue weighted by Crippen LogP contribution is 2.26. The van der Waals surface area contributed by atoms with Crippen molar-refractivity contribution in [3.63, 3.8) is 0 Å². The van der Waals surface area contributed by atoms with E-state index >= 15 is 0 Å². The molecule has 0 radical (unpaired) electrons. The summed E-state index contributed by atoms with van der Waals surface area (Å²) < 4.78 is 3.79. The number of H-pyrrole nitrogens is 2. The number of aryl methyl sites for hydroxylation is 6. The summed E-state index contributed by atoms with van der Waals surface area (Å²) in [5, 5.41) is 11.3. The topological polar surface area (TPSA) is 254 Å². The number of hydrogen-bond acceptors (Lipinski definition) is 11. The van der Waals surface area contributed by atoms with Crippen LogP contribution >= 0.6 is 0 Å². The van der Waals surface area contributed by atoms with Crippen molar-refractivity contribution in [3.8, 4) is 23.0 Å². The average molecular weight is 785 g/mol. The summed E-state index contributed by atoms with van der Waals surface area (Å²) in [5.74, 6) is -0.134. The standard InChI is InChI=1S/C20H25N5O3.C19H22N4O4.CH5N/c1-12-10-14-15(11-13(12)2)25(9-7-5-4-6-8-16(26)21-3)18-17(22-14)19(27)24-20(28)23-18;1-11-9-13-14(10-12(11)2)23(8-6-4-3-5-7-15(24)25)17-16(20-13)18(26)22-19(27)21-17;1-2/h10-11H,4-9H2,1-3H3,(H,21,26)(H,24,27,28);9-10H,3-8H2,1-2H3,(H,24,25)(H,22,26,27);2H2,1H3. The second kappa shape index (κ2) is 20.2. The molecule has 6 rings (SSSR count). The van der Waals surface area contributed by atoms with Crippen LogP contribution in [0, 0.1) is 27.7 Å². The fourth-order valence-corrected chi connectivity index (χ4v) is 6.49. The number of aliphatic carboxylic acids is 1. The minimum Gasteiger partial charge on any atom is -0.481 e. The van der Waals surface area contributed by atoms with Crippen molar-refractivity contribution < 1.29 is 14.7 Å². The fourth-order valence-electron chi connectivity index (χ4n) is 6.49. The van der Waals surface area contributed by atoms with Gasteiger partial charge in [0, 0.05) is 33.0 Å². The van der Waals surface area contributed by atoms with Crippen molar-refractivity contribution in [1.82, 2.24) is 44.4 Å². The molecule has 0 bridgehead atoms. The van der Waals surface area contributed by atoms with E-state index in [0.29, 0.717) is 42.8 Å². The second-order valence-electron chi connectivity index (χ2n) is 13.9. The van der Waals surface area contributed by atoms with Gasteiger partial charge in [-0.05, 0) is 107 Å². The van der Waals surface area contributed by atoms with E-state index in [9.17, 15) is 28.8 Å². The van der Waals surface area contributed by atoms with Crippen molar-refractivity contribution >= 4 is 33.9 Å². The minimum absolute atomic E-state index is 0.0535. The number of carbonyl (C=O) groups is 2. The van der Waals surface area contributed by atoms with Gasteiger partial charge in [0.15, 0.2) is 23.0 Å². The summed E-state index contributed by atoms with van der Waals surface area (Å²) in [6, 6.07) is 7.90. The number of nitrogens with two attached hydrogens (primary N) is 1. The molecular formula is C40H52N10O7. The van der Waals surface area contributed by atoms with Crippen LogP contribution in [-0.2, 0) is 22.7 Å². The van der Waals surface area contributed by atoms with Crippen molar-refractivity contribution in [2.24, 2.45) is 5.73 Å². The highest BCUT2D eigenvalue weighted by molar-refractivity contribution is 5.82. The molecule has 0 aliphatic carbocycles. The smallest absolute Gasteiger partial charge is 0.349 e. The van der Waals surface area contributed by atoms with Crippen molar-refractivity contribution in [2.75, 3.05) is 14.1 Å². The third kappa shape index (κ3) is 11.0. The van der Waals surface area contributed by atoms with Crippen molar-refractivity contribution in [3.05, 3.63) is 88.2 Å². The Morgan fingerprint density at radius 2 is 1.00 bits per heavy atom. The normalized spacial score (nSPS) is 11.0. The number of nitrogens with zero attached hydrogens (tertiary/aromatic N) is 6. The number of aromatic amines is 2. The Hall–Kier alpha value is -6.10. The van der Waals surface area contributed by atoms with Crippen molar-refractivity contribution in [1.29, 1.82) is 0 Å². The Morgan fingerprint density at radius 1 is 0.614 bits per heavy atom. The first-order valence-corrected chi connectivity index (χ1v) is 19.1. The lowest BCUT2D eigenvalue weighted by atomic mass is 10.1. The first-order chi connectivity index (χ1) is 27.3. The lowest BCUT2D eigenvalue weighted by Crippen LogP contribution is -2.29. The number of benzene rings is 2. The van der Waals surface area contributed by atoms with Gasteiger partial charge < -0.3 is 25.3 Å². The fraction of sp³-hybridized carbons (Fsp3) is 0.450. The molecule has 6 N–H and O–H groups in total. The maximum Gasteiger partial charge on any atom is 0.349 e. The van der Waals surface area contributed by atoms with Gasteiger partial charge in [-0.1, -0.05) is 25.7 Å². The Bertz CT molecular complexity index is 2540. The second-order valence-corrected chi connectivity index (χ2v) is 13.9. The van der Waals surface area contributed by atoms with Gasteiger partial charge in [0.05, 0.1) is 22.1 Å². The van der Waals surface area contributed by atoms with Crippen LogP contribution in [0.4, 0.5) is 0 Å². The predicted molar refractivity (Wildman–Crippen MR) is 219 cm³/mol. The Morgan fingerprint density at radius 3 is 1.40 bits per heavy atom. The molecule has 0 spiro atoms. The van der Waals surface area contributed by atoms with Gasteiger partial charge >= 0.3 is 17.3 Å². The molecule has 17 nitrogen and oxygen atoms in total. The van der Waals surface area contributed by atoms with Gasteiger partial charge in [0.1, 0.15) is 0 Å². The summed E-state index contributed by atoms with van der Waals surface area (Å²) in [5.41, 5.74) is 9.85. The number of amides is 1. The molecule has 0 saturated heterocycles. The average Bonchev–Trinajstić information content (AvgIpc) is 3.16. The number of carbonyl (C=O) groups excluding carboxylic acids is 1. The van der Waals surface area contributed by atoms with Crippen molar-refractivity contribution in [2.45, 2.75) is 105 Å². The SMILES string of the molecule is CN.CNC(=O)CCCCCCn1c2nc(=O)[nH]c(=O)c-2nc2cc(C)c(C)cc21.Cc1cc2nc3c(=O)[nH]c(=O)nc-3n(CCCCCCC(=O)O)c2cc1C. The highest BCUT2D eigenvalue weighted by atomic mass is 16.4. The number of fused-ring (bicyclic) bond motifs is 4. The lowest BCUT2D eigenvalue weighted by Gasteiger charge is -2.17. The molecule has 0 unspecified atom stereocenters. The van der Waals surface area contributed by atoms with E-state index in [0.717, 1.165) is 78.2 Å². The molecule has 2 aromatic rings. The van der Waals surface area contributed by atoms with Gasteiger partial charge in [0.2, 0.25) is 5.91 Å². The van der Waals surface area contributed by atoms with E-state index in [1.54, 1.807) is 7.05 Å². The van der Waals surface area contributed by atoms with Crippen LogP contribution in [0.1, 0.15) is 86.5 Å². The van der Waals surface area contributed by atoms with E-state index in [1.165, 1.54) is 7.05 Å². The van der Waals surface area contributed by atoms with E-state index in [2.05, 4.69) is 41.0 Å². The number of nitrogens with one attached hydrogen (secondary N) is 3. The molecule has 4 heterocycles. The van der Waals surface area contributed by atoms with E-state index < -0.39 is 28.5 Å². The molecule has 4 aliphatic heterocycles. The zero-order valence-corrected chi connectivity index (χ0v) is 33.5. The quantitative estimate of drug-likeness (QED) is 0.0783. The molecule has 1 amide bonds. The van der Waals surface area contributed by atoms with Crippen LogP contribution in [0.5, 0.6) is 0 Å². The summed E-state index contributed by atoms with van der Waals surface area (Å²) in [6.07, 6.45) is 7.35. The minimum atomic E-state index is -0.784. The van der Waals surface area contributed by atoms with Gasteiger partial charge in [-0.2, -0.15) is 9.97 Å². The van der Waals surface area contributed by atoms with E-state index in [-0.39, 0.29) is 29.5 Å². The van der Waals surface area contributed by atoms with E-state index in [4.69, 9.17) is 5.11 Å². The molecule has 2 aromatic carbocycles. The number of hydrogen-bond donors (Lipinski definition) is 5. The number of unbranched alkanes of at least 4 members (excludes halogenated alkanes) is 6. The highest BCUT2D eigenvalue weighted by Gasteiger charge is 2.20. The zero-order valence-electron chi connectivity index (χ0n) is 33.5. The monoisotopic (exact) mass is 784 g/mol. The van der Waals surface area contributed by atoms with Crippen LogP contribution in [0.25, 0.3) is 45.1 Å². The first kappa shape index (κ1) is 43.6. The third-order valence-corrected chi connectivity index (χ3v) is 9.79. The summed E-state index contributed by atoms with van der Waals surface area (Å²) in [7, 11) is 3.14. The van der Waals surface area contributed by atoms with Crippen LogP contribution < -0.4 is 33.5 Å². The molecule has 0 atom stereocenters. The Kier molecular flexibility index (Phi) is 15.4.